The third-order valence-corrected chi connectivity index (χ3v) is 4.98. The van der Waals surface area contributed by atoms with Gasteiger partial charge in [0.1, 0.15) is 5.75 Å². The second kappa shape index (κ2) is 7.23. The predicted octanol–water partition coefficient (Wildman–Crippen LogP) is 3.39. The van der Waals surface area contributed by atoms with Crippen molar-refractivity contribution in [1.29, 1.82) is 0 Å². The molecule has 6 heteroatoms. The number of nitrogens with one attached hydrogen (secondary N) is 1. The van der Waals surface area contributed by atoms with E-state index in [1.165, 1.54) is 0 Å². The van der Waals surface area contributed by atoms with E-state index in [1.54, 1.807) is 13.3 Å². The highest BCUT2D eigenvalue weighted by molar-refractivity contribution is 5.94. The Morgan fingerprint density at radius 1 is 1.19 bits per heavy atom. The molecule has 4 rings (SSSR count). The summed E-state index contributed by atoms with van der Waals surface area (Å²) >= 11 is 0. The number of benzene rings is 1. The van der Waals surface area contributed by atoms with Crippen LogP contribution in [-0.2, 0) is 6.42 Å². The van der Waals surface area contributed by atoms with Crippen LogP contribution in [0.5, 0.6) is 5.75 Å². The highest BCUT2D eigenvalue weighted by Gasteiger charge is 2.26. The number of carbonyl (C=O) groups excluding carboxylic acids is 1. The summed E-state index contributed by atoms with van der Waals surface area (Å²) in [6, 6.07) is 11.5. The molecule has 0 fully saturated rings. The Morgan fingerprint density at radius 2 is 2.00 bits per heavy atom. The van der Waals surface area contributed by atoms with Crippen LogP contribution in [0.15, 0.2) is 48.8 Å². The lowest BCUT2D eigenvalue weighted by Gasteiger charge is -2.24. The molecule has 0 saturated heterocycles. The van der Waals surface area contributed by atoms with Crippen LogP contribution in [-0.4, -0.2) is 27.8 Å². The summed E-state index contributed by atoms with van der Waals surface area (Å²) in [6.07, 6.45) is 6.35. The minimum Gasteiger partial charge on any atom is -0.497 e. The van der Waals surface area contributed by atoms with Gasteiger partial charge in [-0.25, -0.2) is 4.68 Å². The molecule has 0 radical (unpaired) electrons. The average Bonchev–Trinajstić information content (AvgIpc) is 3.14. The van der Waals surface area contributed by atoms with Gasteiger partial charge in [-0.05, 0) is 62.6 Å². The van der Waals surface area contributed by atoms with E-state index >= 15 is 0 Å². The number of rotatable bonds is 4. The van der Waals surface area contributed by atoms with Gasteiger partial charge >= 0.3 is 0 Å². The standard InChI is InChI=1S/C21H22N4O2/c1-14-6-7-15(12-22-14)21(26)24-19-4-3-5-20-18(19)13-23-25(20)16-8-10-17(27-2)11-9-16/h6-13,19H,3-5H2,1-2H3,(H,24,26). The molecule has 0 bridgehead atoms. The number of hydrogen-bond acceptors (Lipinski definition) is 4. The van der Waals surface area contributed by atoms with Crippen molar-refractivity contribution in [1.82, 2.24) is 20.1 Å². The lowest BCUT2D eigenvalue weighted by molar-refractivity contribution is 0.0932. The normalized spacial score (nSPS) is 15.9. The Morgan fingerprint density at radius 3 is 2.70 bits per heavy atom. The van der Waals surface area contributed by atoms with Gasteiger partial charge in [0.2, 0.25) is 0 Å². The van der Waals surface area contributed by atoms with Crippen molar-refractivity contribution in [3.05, 3.63) is 71.3 Å². The zero-order valence-corrected chi connectivity index (χ0v) is 15.5. The SMILES string of the molecule is COc1ccc(-n2ncc3c2CCCC3NC(=O)c2ccc(C)nc2)cc1. The molecule has 1 aliphatic rings. The number of carbonyl (C=O) groups is 1. The summed E-state index contributed by atoms with van der Waals surface area (Å²) in [6.45, 7) is 1.91. The van der Waals surface area contributed by atoms with Crippen LogP contribution in [0.25, 0.3) is 5.69 Å². The Bertz CT molecular complexity index is 945. The third-order valence-electron chi connectivity index (χ3n) is 4.98. The largest absolute Gasteiger partial charge is 0.497 e. The number of pyridine rings is 1. The lowest BCUT2D eigenvalue weighted by atomic mass is 9.92. The fourth-order valence-corrected chi connectivity index (χ4v) is 3.50. The first-order chi connectivity index (χ1) is 13.2. The first-order valence-corrected chi connectivity index (χ1v) is 9.10. The molecule has 0 spiro atoms. The maximum Gasteiger partial charge on any atom is 0.253 e. The maximum absolute atomic E-state index is 12.6. The minimum atomic E-state index is -0.0995. The Balaban J connectivity index is 1.57. The van der Waals surface area contributed by atoms with Crippen molar-refractivity contribution >= 4 is 5.91 Å². The third kappa shape index (κ3) is 3.43. The molecular weight excluding hydrogens is 340 g/mol. The van der Waals surface area contributed by atoms with Gasteiger partial charge < -0.3 is 10.1 Å². The van der Waals surface area contributed by atoms with Gasteiger partial charge in [0.15, 0.2) is 0 Å². The lowest BCUT2D eigenvalue weighted by Crippen LogP contribution is -2.31. The second-order valence-electron chi connectivity index (χ2n) is 6.76. The van der Waals surface area contributed by atoms with Crippen LogP contribution in [0.2, 0.25) is 0 Å². The van der Waals surface area contributed by atoms with Gasteiger partial charge in [0.05, 0.1) is 30.6 Å². The highest BCUT2D eigenvalue weighted by atomic mass is 16.5. The molecule has 2 aromatic heterocycles. The fourth-order valence-electron chi connectivity index (χ4n) is 3.50. The van der Waals surface area contributed by atoms with E-state index in [0.29, 0.717) is 5.56 Å². The minimum absolute atomic E-state index is 0.0328. The van der Waals surface area contributed by atoms with Crippen molar-refractivity contribution in [3.63, 3.8) is 0 Å². The molecule has 1 unspecified atom stereocenters. The van der Waals surface area contributed by atoms with E-state index in [0.717, 1.165) is 47.7 Å². The molecule has 0 saturated carbocycles. The number of fused-ring (bicyclic) bond motifs is 1. The van der Waals surface area contributed by atoms with Gasteiger partial charge in [0, 0.05) is 23.1 Å². The van der Waals surface area contributed by atoms with Gasteiger partial charge in [0.25, 0.3) is 5.91 Å². The van der Waals surface area contributed by atoms with E-state index < -0.39 is 0 Å². The van der Waals surface area contributed by atoms with Crippen LogP contribution in [0, 0.1) is 6.92 Å². The van der Waals surface area contributed by atoms with Gasteiger partial charge in [-0.2, -0.15) is 5.10 Å². The zero-order valence-electron chi connectivity index (χ0n) is 15.5. The topological polar surface area (TPSA) is 69.0 Å². The number of hydrogen-bond donors (Lipinski definition) is 1. The molecule has 6 nitrogen and oxygen atoms in total. The summed E-state index contributed by atoms with van der Waals surface area (Å²) < 4.78 is 7.19. The van der Waals surface area contributed by atoms with Crippen molar-refractivity contribution in [2.75, 3.05) is 7.11 Å². The van der Waals surface area contributed by atoms with Crippen molar-refractivity contribution in [3.8, 4) is 11.4 Å². The predicted molar refractivity (Wildman–Crippen MR) is 102 cm³/mol. The van der Waals surface area contributed by atoms with Gasteiger partial charge in [-0.3, -0.25) is 9.78 Å². The van der Waals surface area contributed by atoms with Crippen LogP contribution in [0.3, 0.4) is 0 Å². The summed E-state index contributed by atoms with van der Waals surface area (Å²) in [5, 5.41) is 7.72. The number of nitrogens with zero attached hydrogens (tertiary/aromatic N) is 3. The summed E-state index contributed by atoms with van der Waals surface area (Å²) in [5.74, 6) is 0.717. The van der Waals surface area contributed by atoms with Gasteiger partial charge in [-0.1, -0.05) is 0 Å². The first kappa shape index (κ1) is 17.3. The Kier molecular flexibility index (Phi) is 4.62. The maximum atomic E-state index is 12.6. The number of aromatic nitrogens is 3. The van der Waals surface area contributed by atoms with E-state index in [9.17, 15) is 4.79 Å². The van der Waals surface area contributed by atoms with E-state index in [4.69, 9.17) is 4.74 Å². The summed E-state index contributed by atoms with van der Waals surface area (Å²) in [5.41, 5.74) is 4.71. The van der Waals surface area contributed by atoms with Crippen molar-refractivity contribution < 1.29 is 9.53 Å². The van der Waals surface area contributed by atoms with E-state index in [1.807, 2.05) is 54.2 Å². The van der Waals surface area contributed by atoms with Gasteiger partial charge in [-0.15, -0.1) is 0 Å². The van der Waals surface area contributed by atoms with Crippen LogP contribution < -0.4 is 10.1 Å². The molecule has 0 aliphatic heterocycles. The Hall–Kier alpha value is -3.15. The number of aryl methyl sites for hydroxylation is 1. The van der Waals surface area contributed by atoms with Crippen LogP contribution in [0.4, 0.5) is 0 Å². The van der Waals surface area contributed by atoms with Crippen LogP contribution >= 0.6 is 0 Å². The summed E-state index contributed by atoms with van der Waals surface area (Å²) in [7, 11) is 1.65. The molecule has 2 heterocycles. The number of amides is 1. The molecule has 1 atom stereocenters. The molecule has 27 heavy (non-hydrogen) atoms. The number of methoxy groups -OCH3 is 1. The molecule has 138 valence electrons. The zero-order chi connectivity index (χ0) is 18.8. The van der Waals surface area contributed by atoms with E-state index in [2.05, 4.69) is 15.4 Å². The Labute approximate surface area is 158 Å². The highest BCUT2D eigenvalue weighted by Crippen LogP contribution is 2.31. The second-order valence-corrected chi connectivity index (χ2v) is 6.76. The first-order valence-electron chi connectivity index (χ1n) is 9.10. The average molecular weight is 362 g/mol. The summed E-state index contributed by atoms with van der Waals surface area (Å²) in [4.78, 5) is 16.8. The molecule has 1 amide bonds. The smallest absolute Gasteiger partial charge is 0.253 e. The monoisotopic (exact) mass is 362 g/mol. The van der Waals surface area contributed by atoms with Crippen molar-refractivity contribution in [2.45, 2.75) is 32.2 Å². The van der Waals surface area contributed by atoms with Crippen LogP contribution in [0.1, 0.15) is 46.2 Å². The fraction of sp³-hybridized carbons (Fsp3) is 0.286. The molecular formula is C21H22N4O2. The quantitative estimate of drug-likeness (QED) is 0.772. The number of ether oxygens (including phenoxy) is 1. The van der Waals surface area contributed by atoms with Crippen molar-refractivity contribution in [2.24, 2.45) is 0 Å². The van der Waals surface area contributed by atoms with E-state index in [-0.39, 0.29) is 11.9 Å². The molecule has 1 aliphatic carbocycles. The molecule has 1 aromatic carbocycles. The molecule has 1 N–H and O–H groups in total. The molecule has 3 aromatic rings.